The molecular weight excluding hydrogens is 240 g/mol. The Kier molecular flexibility index (Phi) is 6.02. The van der Waals surface area contributed by atoms with Gasteiger partial charge in [0.15, 0.2) is 0 Å². The number of aromatic nitrogens is 2. The summed E-state index contributed by atoms with van der Waals surface area (Å²) >= 11 is 0. The van der Waals surface area contributed by atoms with Gasteiger partial charge in [-0.3, -0.25) is 0 Å². The lowest BCUT2D eigenvalue weighted by Gasteiger charge is -2.20. The maximum Gasteiger partial charge on any atom is 0.135 e. The smallest absolute Gasteiger partial charge is 0.135 e. The van der Waals surface area contributed by atoms with Gasteiger partial charge in [0.1, 0.15) is 17.5 Å². The lowest BCUT2D eigenvalue weighted by Crippen LogP contribution is -2.25. The van der Waals surface area contributed by atoms with Gasteiger partial charge in [0.2, 0.25) is 0 Å². The minimum Gasteiger partial charge on any atom is -0.377 e. The minimum absolute atomic E-state index is 0.262. The van der Waals surface area contributed by atoms with Crippen LogP contribution in [0.25, 0.3) is 0 Å². The Balaban J connectivity index is 2.77. The first-order chi connectivity index (χ1) is 8.93. The highest BCUT2D eigenvalue weighted by molar-refractivity contribution is 5.48. The van der Waals surface area contributed by atoms with Crippen LogP contribution in [-0.2, 0) is 4.74 Å². The molecular formula is C14H26N4O. The Labute approximate surface area is 116 Å². The van der Waals surface area contributed by atoms with E-state index in [0.29, 0.717) is 12.5 Å². The average molecular weight is 266 g/mol. The third-order valence-corrected chi connectivity index (χ3v) is 2.77. The molecule has 0 bridgehead atoms. The van der Waals surface area contributed by atoms with Crippen LogP contribution in [0.1, 0.15) is 39.4 Å². The Bertz CT molecular complexity index is 393. The van der Waals surface area contributed by atoms with Crippen molar-refractivity contribution in [1.82, 2.24) is 9.97 Å². The van der Waals surface area contributed by atoms with E-state index in [-0.39, 0.29) is 6.10 Å². The van der Waals surface area contributed by atoms with Crippen LogP contribution in [0.2, 0.25) is 0 Å². The van der Waals surface area contributed by atoms with E-state index in [1.807, 2.05) is 34.0 Å². The normalized spacial score (nSPS) is 11.2. The molecule has 0 aliphatic heterocycles. The second-order valence-electron chi connectivity index (χ2n) is 5.22. The molecule has 108 valence electrons. The van der Waals surface area contributed by atoms with E-state index in [9.17, 15) is 0 Å². The first-order valence-corrected chi connectivity index (χ1v) is 6.83. The minimum atomic E-state index is 0.262. The highest BCUT2D eigenvalue weighted by Gasteiger charge is 2.10. The van der Waals surface area contributed by atoms with Crippen molar-refractivity contribution in [1.29, 1.82) is 0 Å². The van der Waals surface area contributed by atoms with E-state index in [1.165, 1.54) is 0 Å². The monoisotopic (exact) mass is 266 g/mol. The van der Waals surface area contributed by atoms with Crippen LogP contribution in [0.5, 0.6) is 0 Å². The predicted octanol–water partition coefficient (Wildman–Crippen LogP) is 2.50. The SMILES string of the molecule is CNc1cc(N(C)CCOC(C)C)nc(C(C)C)n1. The van der Waals surface area contributed by atoms with Crippen LogP contribution in [0.4, 0.5) is 11.6 Å². The number of hydrogen-bond acceptors (Lipinski definition) is 5. The molecule has 0 radical (unpaired) electrons. The zero-order valence-electron chi connectivity index (χ0n) is 12.9. The molecule has 1 rings (SSSR count). The van der Waals surface area contributed by atoms with Gasteiger partial charge in [-0.25, -0.2) is 9.97 Å². The van der Waals surface area contributed by atoms with Gasteiger partial charge in [-0.05, 0) is 13.8 Å². The lowest BCUT2D eigenvalue weighted by atomic mass is 10.2. The van der Waals surface area contributed by atoms with Crippen LogP contribution in [0, 0.1) is 0 Å². The summed E-state index contributed by atoms with van der Waals surface area (Å²) < 4.78 is 5.57. The molecule has 0 aliphatic carbocycles. The van der Waals surface area contributed by atoms with E-state index in [4.69, 9.17) is 4.74 Å². The fourth-order valence-electron chi connectivity index (χ4n) is 1.57. The second-order valence-corrected chi connectivity index (χ2v) is 5.22. The third-order valence-electron chi connectivity index (χ3n) is 2.77. The summed E-state index contributed by atoms with van der Waals surface area (Å²) in [5.41, 5.74) is 0. The molecule has 1 aromatic heterocycles. The van der Waals surface area contributed by atoms with E-state index in [2.05, 4.69) is 34.0 Å². The van der Waals surface area contributed by atoms with Gasteiger partial charge in [0.05, 0.1) is 12.7 Å². The summed E-state index contributed by atoms with van der Waals surface area (Å²) in [6, 6.07) is 1.96. The fraction of sp³-hybridized carbons (Fsp3) is 0.714. The van der Waals surface area contributed by atoms with E-state index in [1.54, 1.807) is 0 Å². The van der Waals surface area contributed by atoms with Crippen molar-refractivity contribution in [3.8, 4) is 0 Å². The zero-order chi connectivity index (χ0) is 14.4. The quantitative estimate of drug-likeness (QED) is 0.821. The molecule has 0 saturated carbocycles. The Morgan fingerprint density at radius 1 is 1.26 bits per heavy atom. The maximum absolute atomic E-state index is 5.57. The van der Waals surface area contributed by atoms with Crippen LogP contribution < -0.4 is 10.2 Å². The van der Waals surface area contributed by atoms with Gasteiger partial charge in [0, 0.05) is 32.6 Å². The van der Waals surface area contributed by atoms with Gasteiger partial charge >= 0.3 is 0 Å². The topological polar surface area (TPSA) is 50.3 Å². The number of anilines is 2. The van der Waals surface area contributed by atoms with Crippen LogP contribution in [-0.4, -0.2) is 43.3 Å². The molecule has 0 unspecified atom stereocenters. The third kappa shape index (κ3) is 5.03. The van der Waals surface area contributed by atoms with Crippen molar-refractivity contribution in [3.05, 3.63) is 11.9 Å². The van der Waals surface area contributed by atoms with Crippen molar-refractivity contribution in [2.75, 3.05) is 37.5 Å². The van der Waals surface area contributed by atoms with Gasteiger partial charge in [-0.15, -0.1) is 0 Å². The average Bonchev–Trinajstić information content (AvgIpc) is 2.37. The second kappa shape index (κ2) is 7.28. The van der Waals surface area contributed by atoms with Crippen LogP contribution in [0.3, 0.4) is 0 Å². The molecule has 0 atom stereocenters. The molecule has 5 heteroatoms. The number of nitrogens with one attached hydrogen (secondary N) is 1. The first kappa shape index (κ1) is 15.7. The summed E-state index contributed by atoms with van der Waals surface area (Å²) in [5.74, 6) is 2.95. The highest BCUT2D eigenvalue weighted by Crippen LogP contribution is 2.18. The molecule has 5 nitrogen and oxygen atoms in total. The number of hydrogen-bond donors (Lipinski definition) is 1. The number of rotatable bonds is 7. The summed E-state index contributed by atoms with van der Waals surface area (Å²) in [4.78, 5) is 11.2. The van der Waals surface area contributed by atoms with E-state index in [0.717, 1.165) is 24.0 Å². The number of likely N-dealkylation sites (N-methyl/N-ethyl adjacent to an activating group) is 1. The van der Waals surface area contributed by atoms with Crippen molar-refractivity contribution in [2.45, 2.75) is 39.7 Å². The van der Waals surface area contributed by atoms with E-state index >= 15 is 0 Å². The number of ether oxygens (including phenoxy) is 1. The van der Waals surface area contributed by atoms with Crippen molar-refractivity contribution in [2.24, 2.45) is 0 Å². The molecule has 19 heavy (non-hydrogen) atoms. The molecule has 0 saturated heterocycles. The van der Waals surface area contributed by atoms with Gasteiger partial charge < -0.3 is 15.0 Å². The predicted molar refractivity (Wildman–Crippen MR) is 80.0 cm³/mol. The van der Waals surface area contributed by atoms with Gasteiger partial charge in [-0.2, -0.15) is 0 Å². The van der Waals surface area contributed by atoms with Crippen molar-refractivity contribution < 1.29 is 4.74 Å². The number of nitrogens with zero attached hydrogens (tertiary/aromatic N) is 3. The fourth-order valence-corrected chi connectivity index (χ4v) is 1.57. The van der Waals surface area contributed by atoms with Crippen LogP contribution >= 0.6 is 0 Å². The molecule has 0 aliphatic rings. The Morgan fingerprint density at radius 3 is 2.47 bits per heavy atom. The molecule has 0 amide bonds. The van der Waals surface area contributed by atoms with Gasteiger partial charge in [0.25, 0.3) is 0 Å². The van der Waals surface area contributed by atoms with Crippen molar-refractivity contribution in [3.63, 3.8) is 0 Å². The zero-order valence-corrected chi connectivity index (χ0v) is 12.9. The van der Waals surface area contributed by atoms with Crippen LogP contribution in [0.15, 0.2) is 6.07 Å². The lowest BCUT2D eigenvalue weighted by molar-refractivity contribution is 0.0845. The standard InChI is InChI=1S/C14H26N4O/c1-10(2)14-16-12(15-5)9-13(17-14)18(6)7-8-19-11(3)4/h9-11H,7-8H2,1-6H3,(H,15,16,17). The molecule has 0 aromatic carbocycles. The van der Waals surface area contributed by atoms with E-state index < -0.39 is 0 Å². The van der Waals surface area contributed by atoms with Crippen molar-refractivity contribution >= 4 is 11.6 Å². The Morgan fingerprint density at radius 2 is 1.95 bits per heavy atom. The largest absolute Gasteiger partial charge is 0.377 e. The maximum atomic E-state index is 5.57. The highest BCUT2D eigenvalue weighted by atomic mass is 16.5. The molecule has 1 heterocycles. The summed E-state index contributed by atoms with van der Waals surface area (Å²) in [7, 11) is 3.90. The summed E-state index contributed by atoms with van der Waals surface area (Å²) in [6.45, 7) is 9.79. The molecule has 1 N–H and O–H groups in total. The summed E-state index contributed by atoms with van der Waals surface area (Å²) in [6.07, 6.45) is 0.262. The molecule has 0 spiro atoms. The Hall–Kier alpha value is -1.36. The first-order valence-electron chi connectivity index (χ1n) is 6.83. The summed E-state index contributed by atoms with van der Waals surface area (Å²) in [5, 5.41) is 3.08. The molecule has 0 fully saturated rings. The molecule has 1 aromatic rings. The van der Waals surface area contributed by atoms with Gasteiger partial charge in [-0.1, -0.05) is 13.8 Å².